The summed E-state index contributed by atoms with van der Waals surface area (Å²) in [7, 11) is 3.31. The second kappa shape index (κ2) is 8.82. The molecule has 0 unspecified atom stereocenters. The van der Waals surface area contributed by atoms with Crippen LogP contribution in [0.2, 0.25) is 0 Å². The highest BCUT2D eigenvalue weighted by Crippen LogP contribution is 2.37. The van der Waals surface area contributed by atoms with Gasteiger partial charge in [0.15, 0.2) is 5.78 Å². The maximum absolute atomic E-state index is 13.4. The lowest BCUT2D eigenvalue weighted by Crippen LogP contribution is -2.34. The second-order valence-corrected chi connectivity index (χ2v) is 8.61. The molecule has 30 heavy (non-hydrogen) atoms. The summed E-state index contributed by atoms with van der Waals surface area (Å²) < 4.78 is 13.8. The van der Waals surface area contributed by atoms with Gasteiger partial charge in [-0.15, -0.1) is 0 Å². The van der Waals surface area contributed by atoms with Gasteiger partial charge in [0.2, 0.25) is 0 Å². The number of hydrogen-bond donors (Lipinski definition) is 0. The van der Waals surface area contributed by atoms with Gasteiger partial charge in [-0.2, -0.15) is 0 Å². The van der Waals surface area contributed by atoms with Crippen molar-refractivity contribution in [2.45, 2.75) is 26.2 Å². The van der Waals surface area contributed by atoms with E-state index in [2.05, 4.69) is 25.4 Å². The number of ether oxygens (including phenoxy) is 2. The van der Waals surface area contributed by atoms with E-state index in [1.165, 1.54) is 19.3 Å². The van der Waals surface area contributed by atoms with Crippen LogP contribution in [0.25, 0.3) is 16.6 Å². The van der Waals surface area contributed by atoms with Gasteiger partial charge < -0.3 is 14.0 Å². The molecule has 6 heteroatoms. The van der Waals surface area contributed by atoms with Crippen molar-refractivity contribution in [3.05, 3.63) is 52.1 Å². The number of ketones is 1. The Labute approximate surface area is 185 Å². The number of aromatic nitrogens is 1. The number of methoxy groups -OCH3 is 2. The Kier molecular flexibility index (Phi) is 6.16. The first-order valence-corrected chi connectivity index (χ1v) is 11.1. The summed E-state index contributed by atoms with van der Waals surface area (Å²) in [6.45, 7) is 4.47. The van der Waals surface area contributed by atoms with Crippen LogP contribution in [0.15, 0.2) is 40.9 Å². The molecule has 3 aromatic rings. The van der Waals surface area contributed by atoms with Crippen LogP contribution >= 0.6 is 15.9 Å². The number of piperidine rings is 1. The Bertz CT molecular complexity index is 1070. The Morgan fingerprint density at radius 2 is 1.73 bits per heavy atom. The van der Waals surface area contributed by atoms with Gasteiger partial charge in [0.1, 0.15) is 11.5 Å². The number of fused-ring (bicyclic) bond motifs is 1. The van der Waals surface area contributed by atoms with Crippen LogP contribution in [0.4, 0.5) is 0 Å². The minimum Gasteiger partial charge on any atom is -0.497 e. The maximum Gasteiger partial charge on any atom is 0.179 e. The molecule has 0 atom stereocenters. The van der Waals surface area contributed by atoms with Gasteiger partial charge in [-0.25, -0.2) is 0 Å². The molecule has 0 radical (unpaired) electrons. The molecule has 5 nitrogen and oxygen atoms in total. The monoisotopic (exact) mass is 470 g/mol. The van der Waals surface area contributed by atoms with Crippen LogP contribution in [0.1, 0.15) is 35.3 Å². The van der Waals surface area contributed by atoms with Crippen LogP contribution < -0.4 is 9.47 Å². The van der Waals surface area contributed by atoms with E-state index in [4.69, 9.17) is 9.47 Å². The molecule has 1 saturated heterocycles. The van der Waals surface area contributed by atoms with E-state index >= 15 is 0 Å². The Balaban J connectivity index is 1.85. The minimum atomic E-state index is 0.163. The third kappa shape index (κ3) is 3.86. The second-order valence-electron chi connectivity index (χ2n) is 7.76. The lowest BCUT2D eigenvalue weighted by atomic mass is 10.0. The zero-order chi connectivity index (χ0) is 21.3. The number of nitrogens with zero attached hydrogens (tertiary/aromatic N) is 2. The number of benzene rings is 2. The highest BCUT2D eigenvalue weighted by Gasteiger charge is 2.24. The summed E-state index contributed by atoms with van der Waals surface area (Å²) in [6.07, 6.45) is 3.59. The van der Waals surface area contributed by atoms with Gasteiger partial charge >= 0.3 is 0 Å². The van der Waals surface area contributed by atoms with E-state index in [1.54, 1.807) is 14.2 Å². The first kappa shape index (κ1) is 20.9. The van der Waals surface area contributed by atoms with Crippen LogP contribution in [0.5, 0.6) is 11.5 Å². The summed E-state index contributed by atoms with van der Waals surface area (Å²) in [5.74, 6) is 1.69. The molecule has 1 fully saturated rings. The van der Waals surface area contributed by atoms with Gasteiger partial charge in [0.25, 0.3) is 0 Å². The van der Waals surface area contributed by atoms with Gasteiger partial charge in [0.05, 0.1) is 30.8 Å². The van der Waals surface area contributed by atoms with Crippen molar-refractivity contribution >= 4 is 32.6 Å². The third-order valence-electron chi connectivity index (χ3n) is 5.90. The van der Waals surface area contributed by atoms with Gasteiger partial charge in [-0.3, -0.25) is 9.69 Å². The van der Waals surface area contributed by atoms with E-state index in [0.29, 0.717) is 6.54 Å². The highest BCUT2D eigenvalue weighted by molar-refractivity contribution is 9.10. The first-order chi connectivity index (χ1) is 14.5. The summed E-state index contributed by atoms with van der Waals surface area (Å²) in [6, 6.07) is 11.9. The summed E-state index contributed by atoms with van der Waals surface area (Å²) >= 11 is 3.61. The molecule has 2 heterocycles. The summed E-state index contributed by atoms with van der Waals surface area (Å²) in [5, 5.41) is 0.922. The lowest BCUT2D eigenvalue weighted by Gasteiger charge is -2.25. The molecular formula is C24H27BrN2O3. The lowest BCUT2D eigenvalue weighted by molar-refractivity contribution is 0.0916. The normalized spacial score (nSPS) is 14.8. The fourth-order valence-electron chi connectivity index (χ4n) is 4.39. The van der Waals surface area contributed by atoms with Crippen LogP contribution in [0.3, 0.4) is 0 Å². The summed E-state index contributed by atoms with van der Waals surface area (Å²) in [4.78, 5) is 15.7. The maximum atomic E-state index is 13.4. The molecule has 4 rings (SSSR count). The van der Waals surface area contributed by atoms with Crippen LogP contribution in [-0.2, 0) is 0 Å². The van der Waals surface area contributed by atoms with Crippen molar-refractivity contribution in [3.8, 4) is 17.2 Å². The molecule has 1 aliphatic rings. The van der Waals surface area contributed by atoms with Gasteiger partial charge in [0, 0.05) is 22.3 Å². The SMILES string of the molecule is COc1ccc(-n2c(C)c(C(=O)CN3CCCCC3)c3cc(OC)c(Br)cc32)cc1. The van der Waals surface area contributed by atoms with Gasteiger partial charge in [-0.05, 0) is 85.2 Å². The molecule has 0 amide bonds. The van der Waals surface area contributed by atoms with Crippen molar-refractivity contribution in [1.29, 1.82) is 0 Å². The molecule has 2 aromatic carbocycles. The van der Waals surface area contributed by atoms with Crippen molar-refractivity contribution in [2.75, 3.05) is 33.9 Å². The molecular weight excluding hydrogens is 444 g/mol. The predicted molar refractivity (Wildman–Crippen MR) is 123 cm³/mol. The van der Waals surface area contributed by atoms with E-state index in [0.717, 1.165) is 56.9 Å². The zero-order valence-electron chi connectivity index (χ0n) is 17.7. The topological polar surface area (TPSA) is 43.7 Å². The number of rotatable bonds is 6. The molecule has 0 spiro atoms. The average Bonchev–Trinajstić information content (AvgIpc) is 3.04. The van der Waals surface area contributed by atoms with Crippen LogP contribution in [-0.4, -0.2) is 49.1 Å². The molecule has 158 valence electrons. The number of halogens is 1. The molecule has 0 bridgehead atoms. The van der Waals surface area contributed by atoms with E-state index in [-0.39, 0.29) is 5.78 Å². The van der Waals surface area contributed by atoms with Gasteiger partial charge in [-0.1, -0.05) is 6.42 Å². The fourth-order valence-corrected chi connectivity index (χ4v) is 4.88. The summed E-state index contributed by atoms with van der Waals surface area (Å²) in [5.41, 5.74) is 3.69. The number of hydrogen-bond acceptors (Lipinski definition) is 4. The smallest absolute Gasteiger partial charge is 0.179 e. The Hall–Kier alpha value is -2.31. The molecule has 1 aliphatic heterocycles. The Morgan fingerprint density at radius 3 is 2.37 bits per heavy atom. The Morgan fingerprint density at radius 1 is 1.03 bits per heavy atom. The molecule has 1 aromatic heterocycles. The highest BCUT2D eigenvalue weighted by atomic mass is 79.9. The van der Waals surface area contributed by atoms with E-state index in [9.17, 15) is 4.79 Å². The quantitative estimate of drug-likeness (QED) is 0.453. The van der Waals surface area contributed by atoms with Crippen molar-refractivity contribution in [2.24, 2.45) is 0 Å². The van der Waals surface area contributed by atoms with Crippen molar-refractivity contribution in [3.63, 3.8) is 0 Å². The molecule has 0 N–H and O–H groups in total. The molecule has 0 saturated carbocycles. The minimum absolute atomic E-state index is 0.163. The fraction of sp³-hybridized carbons (Fsp3) is 0.375. The van der Waals surface area contributed by atoms with E-state index < -0.39 is 0 Å². The average molecular weight is 471 g/mol. The van der Waals surface area contributed by atoms with Crippen molar-refractivity contribution < 1.29 is 14.3 Å². The van der Waals surface area contributed by atoms with Crippen LogP contribution in [0, 0.1) is 6.92 Å². The third-order valence-corrected chi connectivity index (χ3v) is 6.52. The standard InChI is InChI=1S/C24H27BrN2O3/c1-16-24(22(28)15-26-11-5-4-6-12-26)19-13-23(30-3)20(25)14-21(19)27(16)17-7-9-18(29-2)10-8-17/h7-10,13-14H,4-6,11-12,15H2,1-3H3. The number of likely N-dealkylation sites (tertiary alicyclic amines) is 1. The predicted octanol–water partition coefficient (Wildman–Crippen LogP) is 5.39. The zero-order valence-corrected chi connectivity index (χ0v) is 19.3. The number of Topliss-reactive ketones (excluding diaryl/α,β-unsaturated/α-hetero) is 1. The molecule has 0 aliphatic carbocycles. The largest absolute Gasteiger partial charge is 0.497 e. The first-order valence-electron chi connectivity index (χ1n) is 10.3. The number of carbonyl (C=O) groups excluding carboxylic acids is 1. The van der Waals surface area contributed by atoms with E-state index in [1.807, 2.05) is 43.3 Å². The number of carbonyl (C=O) groups is 1. The van der Waals surface area contributed by atoms with Crippen molar-refractivity contribution in [1.82, 2.24) is 9.47 Å².